The van der Waals surface area contributed by atoms with Gasteiger partial charge in [-0.2, -0.15) is 0 Å². The fourth-order valence-electron chi connectivity index (χ4n) is 2.47. The van der Waals surface area contributed by atoms with Crippen molar-refractivity contribution in [1.82, 2.24) is 4.90 Å². The van der Waals surface area contributed by atoms with Gasteiger partial charge in [0.25, 0.3) is 0 Å². The van der Waals surface area contributed by atoms with E-state index in [0.717, 1.165) is 18.7 Å². The van der Waals surface area contributed by atoms with Crippen LogP contribution in [-0.2, 0) is 11.2 Å². The van der Waals surface area contributed by atoms with Crippen LogP contribution in [0, 0.1) is 0 Å². The Kier molecular flexibility index (Phi) is 2.25. The molecule has 3 heteroatoms. The second-order valence-electron chi connectivity index (χ2n) is 4.38. The Balaban J connectivity index is 2.06. The molecule has 0 atom stereocenters. The average Bonchev–Trinajstić information content (AvgIpc) is 2.38. The minimum absolute atomic E-state index is 0.466. The summed E-state index contributed by atoms with van der Waals surface area (Å²) in [5.41, 5.74) is 4.20. The van der Waals surface area contributed by atoms with Crippen molar-refractivity contribution in [2.75, 3.05) is 13.1 Å². The molecule has 86 valence electrons. The maximum Gasteiger partial charge on any atom is 0.333 e. The summed E-state index contributed by atoms with van der Waals surface area (Å²) < 4.78 is 0. The number of hydrogen-bond donors (Lipinski definition) is 1. The fraction of sp³-hybridized carbons (Fsp3) is 0.214. The van der Waals surface area contributed by atoms with Crippen molar-refractivity contribution in [2.45, 2.75) is 6.42 Å². The predicted molar refractivity (Wildman–Crippen MR) is 65.4 cm³/mol. The molecule has 0 amide bonds. The lowest BCUT2D eigenvalue weighted by Gasteiger charge is -2.35. The Morgan fingerprint density at radius 2 is 2.06 bits per heavy atom. The molecule has 0 aliphatic carbocycles. The number of carbonyl (C=O) groups is 1. The summed E-state index contributed by atoms with van der Waals surface area (Å²) in [4.78, 5) is 13.1. The minimum atomic E-state index is -0.820. The Labute approximate surface area is 99.7 Å². The van der Waals surface area contributed by atoms with Gasteiger partial charge in [-0.15, -0.1) is 0 Å². The average molecular weight is 227 g/mol. The summed E-state index contributed by atoms with van der Waals surface area (Å²) >= 11 is 0. The number of benzene rings is 1. The first-order valence-electron chi connectivity index (χ1n) is 5.73. The van der Waals surface area contributed by atoms with E-state index in [-0.39, 0.29) is 0 Å². The molecular formula is C14H13NO2. The zero-order valence-corrected chi connectivity index (χ0v) is 9.39. The summed E-state index contributed by atoms with van der Waals surface area (Å²) in [5, 5.41) is 9.00. The van der Waals surface area contributed by atoms with Crippen molar-refractivity contribution in [3.63, 3.8) is 0 Å². The lowest BCUT2D eigenvalue weighted by Crippen LogP contribution is -2.34. The Hall–Kier alpha value is -2.03. The molecule has 17 heavy (non-hydrogen) atoms. The summed E-state index contributed by atoms with van der Waals surface area (Å²) in [6.45, 7) is 1.41. The molecule has 0 unspecified atom stereocenters. The summed E-state index contributed by atoms with van der Waals surface area (Å²) in [5.74, 6) is -0.820. The van der Waals surface area contributed by atoms with Gasteiger partial charge in [-0.1, -0.05) is 24.3 Å². The number of nitrogens with zero attached hydrogens (tertiary/aromatic N) is 1. The highest BCUT2D eigenvalue weighted by atomic mass is 16.4. The first-order chi connectivity index (χ1) is 8.25. The monoisotopic (exact) mass is 227 g/mol. The normalized spacial score (nSPS) is 17.8. The SMILES string of the molecule is O=C(O)C1=CC=C2c3ccccc3CCN2C1. The van der Waals surface area contributed by atoms with E-state index in [2.05, 4.69) is 23.1 Å². The predicted octanol–water partition coefficient (Wildman–Crippen LogP) is 1.91. The molecule has 0 spiro atoms. The first-order valence-corrected chi connectivity index (χ1v) is 5.73. The van der Waals surface area contributed by atoms with E-state index < -0.39 is 5.97 Å². The van der Waals surface area contributed by atoms with E-state index in [4.69, 9.17) is 5.11 Å². The molecular weight excluding hydrogens is 214 g/mol. The van der Waals surface area contributed by atoms with E-state index >= 15 is 0 Å². The number of fused-ring (bicyclic) bond motifs is 3. The number of rotatable bonds is 1. The van der Waals surface area contributed by atoms with E-state index in [1.165, 1.54) is 11.1 Å². The fourth-order valence-corrected chi connectivity index (χ4v) is 2.47. The molecule has 2 aliphatic rings. The lowest BCUT2D eigenvalue weighted by atomic mass is 9.94. The smallest absolute Gasteiger partial charge is 0.333 e. The molecule has 0 bridgehead atoms. The van der Waals surface area contributed by atoms with Crippen LogP contribution in [0.1, 0.15) is 11.1 Å². The number of aliphatic carboxylic acids is 1. The quantitative estimate of drug-likeness (QED) is 0.796. The van der Waals surface area contributed by atoms with Gasteiger partial charge in [0, 0.05) is 17.8 Å². The Morgan fingerprint density at radius 3 is 2.88 bits per heavy atom. The molecule has 1 N–H and O–H groups in total. The van der Waals surface area contributed by atoms with Gasteiger partial charge < -0.3 is 10.0 Å². The first kappa shape index (κ1) is 10.1. The highest BCUT2D eigenvalue weighted by Crippen LogP contribution is 2.31. The van der Waals surface area contributed by atoms with Crippen LogP contribution in [-0.4, -0.2) is 29.1 Å². The summed E-state index contributed by atoms with van der Waals surface area (Å²) in [6.07, 6.45) is 4.63. The highest BCUT2D eigenvalue weighted by molar-refractivity contribution is 5.89. The third kappa shape index (κ3) is 1.64. The van der Waals surface area contributed by atoms with Gasteiger partial charge in [-0.25, -0.2) is 4.79 Å². The van der Waals surface area contributed by atoms with Gasteiger partial charge >= 0.3 is 5.97 Å². The van der Waals surface area contributed by atoms with E-state index in [1.54, 1.807) is 6.08 Å². The summed E-state index contributed by atoms with van der Waals surface area (Å²) in [6, 6.07) is 8.33. The van der Waals surface area contributed by atoms with Crippen molar-refractivity contribution in [1.29, 1.82) is 0 Å². The van der Waals surface area contributed by atoms with Crippen LogP contribution in [0.3, 0.4) is 0 Å². The largest absolute Gasteiger partial charge is 0.478 e. The molecule has 2 heterocycles. The van der Waals surface area contributed by atoms with E-state index in [0.29, 0.717) is 12.1 Å². The maximum atomic E-state index is 11.0. The topological polar surface area (TPSA) is 40.5 Å². The third-order valence-electron chi connectivity index (χ3n) is 3.36. The van der Waals surface area contributed by atoms with Gasteiger partial charge in [-0.05, 0) is 24.1 Å². The molecule has 1 aromatic rings. The van der Waals surface area contributed by atoms with E-state index in [1.807, 2.05) is 12.1 Å². The van der Waals surface area contributed by atoms with Crippen LogP contribution < -0.4 is 0 Å². The number of hydrogen-bond acceptors (Lipinski definition) is 2. The van der Waals surface area contributed by atoms with Crippen molar-refractivity contribution >= 4 is 11.7 Å². The number of allylic oxidation sites excluding steroid dienone is 2. The second-order valence-corrected chi connectivity index (χ2v) is 4.38. The number of carboxylic acid groups (broad SMARTS) is 1. The van der Waals surface area contributed by atoms with Gasteiger partial charge in [-0.3, -0.25) is 0 Å². The molecule has 0 fully saturated rings. The van der Waals surface area contributed by atoms with Gasteiger partial charge in [0.2, 0.25) is 0 Å². The van der Waals surface area contributed by atoms with Crippen LogP contribution in [0.2, 0.25) is 0 Å². The van der Waals surface area contributed by atoms with Crippen LogP contribution >= 0.6 is 0 Å². The van der Waals surface area contributed by atoms with Crippen LogP contribution in [0.5, 0.6) is 0 Å². The molecule has 0 aromatic heterocycles. The molecule has 0 radical (unpaired) electrons. The zero-order valence-electron chi connectivity index (χ0n) is 9.39. The zero-order chi connectivity index (χ0) is 11.8. The maximum absolute atomic E-state index is 11.0. The second kappa shape index (κ2) is 3.77. The van der Waals surface area contributed by atoms with Gasteiger partial charge in [0.05, 0.1) is 12.1 Å². The Morgan fingerprint density at radius 1 is 1.24 bits per heavy atom. The van der Waals surface area contributed by atoms with Crippen molar-refractivity contribution in [3.8, 4) is 0 Å². The third-order valence-corrected chi connectivity index (χ3v) is 3.36. The minimum Gasteiger partial charge on any atom is -0.478 e. The highest BCUT2D eigenvalue weighted by Gasteiger charge is 2.24. The Bertz CT molecular complexity index is 543. The van der Waals surface area contributed by atoms with Crippen LogP contribution in [0.4, 0.5) is 0 Å². The van der Waals surface area contributed by atoms with E-state index in [9.17, 15) is 4.79 Å². The number of carboxylic acids is 1. The van der Waals surface area contributed by atoms with Crippen molar-refractivity contribution in [3.05, 3.63) is 53.1 Å². The standard InChI is InChI=1S/C14H13NO2/c16-14(17)11-5-6-13-12-4-2-1-3-10(12)7-8-15(13)9-11/h1-6H,7-9H2,(H,16,17). The van der Waals surface area contributed by atoms with Crippen LogP contribution in [0.15, 0.2) is 42.0 Å². The molecule has 1 aromatic carbocycles. The van der Waals surface area contributed by atoms with Crippen molar-refractivity contribution in [2.24, 2.45) is 0 Å². The molecule has 3 nitrogen and oxygen atoms in total. The van der Waals surface area contributed by atoms with Crippen molar-refractivity contribution < 1.29 is 9.90 Å². The summed E-state index contributed by atoms with van der Waals surface area (Å²) in [7, 11) is 0. The molecule has 0 saturated heterocycles. The lowest BCUT2D eigenvalue weighted by molar-refractivity contribution is -0.132. The molecule has 2 aliphatic heterocycles. The van der Waals surface area contributed by atoms with Gasteiger partial charge in [0.1, 0.15) is 0 Å². The molecule has 3 rings (SSSR count). The molecule has 0 saturated carbocycles. The van der Waals surface area contributed by atoms with Gasteiger partial charge in [0.15, 0.2) is 0 Å². The van der Waals surface area contributed by atoms with Crippen LogP contribution in [0.25, 0.3) is 5.70 Å².